The van der Waals surface area contributed by atoms with Gasteiger partial charge in [-0.1, -0.05) is 48.0 Å². The van der Waals surface area contributed by atoms with E-state index in [0.717, 1.165) is 5.56 Å². The Labute approximate surface area is 144 Å². The summed E-state index contributed by atoms with van der Waals surface area (Å²) in [4.78, 5) is 9.65. The third kappa shape index (κ3) is 3.46. The van der Waals surface area contributed by atoms with E-state index >= 15 is 0 Å². The lowest BCUT2D eigenvalue weighted by molar-refractivity contribution is 0.290. The number of halogens is 2. The molecule has 0 amide bonds. The lowest BCUT2D eigenvalue weighted by Crippen LogP contribution is -2.14. The van der Waals surface area contributed by atoms with Gasteiger partial charge in [0.05, 0.1) is 5.69 Å². The Bertz CT molecular complexity index is 830. The summed E-state index contributed by atoms with van der Waals surface area (Å²) < 4.78 is 20.4. The molecule has 0 saturated carbocycles. The Hall–Kier alpha value is -2.66. The van der Waals surface area contributed by atoms with Crippen LogP contribution < -0.4 is 9.64 Å². The molecular formula is C18H15ClFN3O. The molecule has 1 heterocycles. The fourth-order valence-corrected chi connectivity index (χ4v) is 2.49. The average Bonchev–Trinajstić information content (AvgIpc) is 2.62. The van der Waals surface area contributed by atoms with Gasteiger partial charge in [-0.15, -0.1) is 0 Å². The van der Waals surface area contributed by atoms with Crippen molar-refractivity contribution in [2.24, 2.45) is 0 Å². The van der Waals surface area contributed by atoms with Crippen molar-refractivity contribution in [1.29, 1.82) is 0 Å². The Morgan fingerprint density at radius 1 is 1.04 bits per heavy atom. The van der Waals surface area contributed by atoms with Crippen molar-refractivity contribution in [1.82, 2.24) is 9.97 Å². The van der Waals surface area contributed by atoms with Crippen molar-refractivity contribution in [3.63, 3.8) is 0 Å². The first kappa shape index (κ1) is 16.2. The van der Waals surface area contributed by atoms with Crippen molar-refractivity contribution >= 4 is 23.1 Å². The van der Waals surface area contributed by atoms with E-state index in [1.165, 1.54) is 12.4 Å². The number of anilines is 2. The fourth-order valence-electron chi connectivity index (χ4n) is 2.26. The van der Waals surface area contributed by atoms with Gasteiger partial charge in [-0.05, 0) is 17.7 Å². The van der Waals surface area contributed by atoms with Crippen LogP contribution >= 0.6 is 11.6 Å². The second-order valence-electron chi connectivity index (χ2n) is 5.09. The standard InChI is InChI=1S/C18H15ClFN3O/c1-23(18-17(19)21-10-11-22-18)14-8-5-9-15(16(14)20)24-12-13-6-3-2-4-7-13/h2-11H,12H2,1H3. The molecule has 0 unspecified atom stereocenters. The van der Waals surface area contributed by atoms with Gasteiger partial charge in [0, 0.05) is 19.4 Å². The summed E-state index contributed by atoms with van der Waals surface area (Å²) in [6.45, 7) is 0.289. The van der Waals surface area contributed by atoms with E-state index in [2.05, 4.69) is 9.97 Å². The minimum atomic E-state index is -0.474. The molecule has 6 heteroatoms. The van der Waals surface area contributed by atoms with Crippen molar-refractivity contribution in [2.75, 3.05) is 11.9 Å². The van der Waals surface area contributed by atoms with Crippen LogP contribution in [0.3, 0.4) is 0 Å². The van der Waals surface area contributed by atoms with Crippen LogP contribution in [-0.2, 0) is 6.61 Å². The van der Waals surface area contributed by atoms with E-state index in [1.54, 1.807) is 30.1 Å². The smallest absolute Gasteiger partial charge is 0.188 e. The minimum absolute atomic E-state index is 0.170. The normalized spacial score (nSPS) is 10.5. The first-order chi connectivity index (χ1) is 11.7. The maximum atomic E-state index is 14.8. The second-order valence-corrected chi connectivity index (χ2v) is 5.45. The quantitative estimate of drug-likeness (QED) is 0.677. The Balaban J connectivity index is 1.84. The van der Waals surface area contributed by atoms with E-state index in [1.807, 2.05) is 30.3 Å². The average molecular weight is 344 g/mol. The van der Waals surface area contributed by atoms with Crippen LogP contribution in [0.4, 0.5) is 15.9 Å². The number of hydrogen-bond donors (Lipinski definition) is 0. The lowest BCUT2D eigenvalue weighted by Gasteiger charge is -2.20. The molecule has 0 saturated heterocycles. The van der Waals surface area contributed by atoms with Crippen LogP contribution in [0, 0.1) is 5.82 Å². The molecule has 0 spiro atoms. The Morgan fingerprint density at radius 3 is 2.54 bits per heavy atom. The molecule has 3 rings (SSSR count). The SMILES string of the molecule is CN(c1cccc(OCc2ccccc2)c1F)c1nccnc1Cl. The third-order valence-corrected chi connectivity index (χ3v) is 3.76. The highest BCUT2D eigenvalue weighted by Crippen LogP contribution is 2.32. The molecule has 0 N–H and O–H groups in total. The number of rotatable bonds is 5. The van der Waals surface area contributed by atoms with Crippen molar-refractivity contribution < 1.29 is 9.13 Å². The van der Waals surface area contributed by atoms with Crippen LogP contribution in [0.25, 0.3) is 0 Å². The van der Waals surface area contributed by atoms with Gasteiger partial charge in [0.25, 0.3) is 0 Å². The minimum Gasteiger partial charge on any atom is -0.486 e. The molecule has 0 fully saturated rings. The van der Waals surface area contributed by atoms with Gasteiger partial charge in [0.2, 0.25) is 0 Å². The summed E-state index contributed by atoms with van der Waals surface area (Å²) in [6.07, 6.45) is 2.99. The molecule has 0 bridgehead atoms. The zero-order valence-electron chi connectivity index (χ0n) is 13.0. The number of nitrogens with zero attached hydrogens (tertiary/aromatic N) is 3. The van der Waals surface area contributed by atoms with E-state index in [9.17, 15) is 4.39 Å². The van der Waals surface area contributed by atoms with E-state index < -0.39 is 5.82 Å². The first-order valence-electron chi connectivity index (χ1n) is 7.32. The van der Waals surface area contributed by atoms with E-state index in [4.69, 9.17) is 16.3 Å². The zero-order valence-corrected chi connectivity index (χ0v) is 13.7. The van der Waals surface area contributed by atoms with Gasteiger partial charge < -0.3 is 9.64 Å². The topological polar surface area (TPSA) is 38.2 Å². The van der Waals surface area contributed by atoms with Crippen molar-refractivity contribution in [3.8, 4) is 5.75 Å². The number of ether oxygens (including phenoxy) is 1. The molecule has 0 atom stereocenters. The van der Waals surface area contributed by atoms with Crippen LogP contribution in [-0.4, -0.2) is 17.0 Å². The van der Waals surface area contributed by atoms with Crippen molar-refractivity contribution in [3.05, 3.63) is 77.5 Å². The summed E-state index contributed by atoms with van der Waals surface area (Å²) in [6, 6.07) is 14.5. The molecule has 0 aliphatic carbocycles. The summed E-state index contributed by atoms with van der Waals surface area (Å²) in [5, 5.41) is 0.204. The van der Waals surface area contributed by atoms with Crippen LogP contribution in [0.15, 0.2) is 60.9 Å². The summed E-state index contributed by atoms with van der Waals surface area (Å²) in [5.74, 6) is 0.0687. The summed E-state index contributed by atoms with van der Waals surface area (Å²) in [5.41, 5.74) is 1.27. The maximum absolute atomic E-state index is 14.8. The Kier molecular flexibility index (Phi) is 4.91. The molecule has 0 aliphatic heterocycles. The molecule has 4 nitrogen and oxygen atoms in total. The maximum Gasteiger partial charge on any atom is 0.188 e. The van der Waals surface area contributed by atoms with E-state index in [-0.39, 0.29) is 17.5 Å². The molecule has 0 aliphatic rings. The predicted molar refractivity (Wildman–Crippen MR) is 92.3 cm³/mol. The molecule has 3 aromatic rings. The summed E-state index contributed by atoms with van der Waals surface area (Å²) >= 11 is 6.03. The highest BCUT2D eigenvalue weighted by molar-refractivity contribution is 6.31. The monoisotopic (exact) mass is 343 g/mol. The molecule has 1 aromatic heterocycles. The molecule has 122 valence electrons. The third-order valence-electron chi connectivity index (χ3n) is 3.50. The fraction of sp³-hybridized carbons (Fsp3) is 0.111. The molecule has 2 aromatic carbocycles. The number of hydrogen-bond acceptors (Lipinski definition) is 4. The van der Waals surface area contributed by atoms with Gasteiger partial charge in [-0.3, -0.25) is 0 Å². The zero-order chi connectivity index (χ0) is 16.9. The molecular weight excluding hydrogens is 329 g/mol. The van der Waals surface area contributed by atoms with Crippen LogP contribution in [0.5, 0.6) is 5.75 Å². The molecule has 0 radical (unpaired) electrons. The highest BCUT2D eigenvalue weighted by Gasteiger charge is 2.17. The van der Waals surface area contributed by atoms with Gasteiger partial charge in [0.1, 0.15) is 6.61 Å². The molecule has 24 heavy (non-hydrogen) atoms. The van der Waals surface area contributed by atoms with Gasteiger partial charge in [-0.25, -0.2) is 14.4 Å². The van der Waals surface area contributed by atoms with Crippen LogP contribution in [0.2, 0.25) is 5.15 Å². The second kappa shape index (κ2) is 7.27. The summed E-state index contributed by atoms with van der Waals surface area (Å²) in [7, 11) is 1.68. The lowest BCUT2D eigenvalue weighted by atomic mass is 10.2. The predicted octanol–water partition coefficient (Wildman–Crippen LogP) is 4.62. The van der Waals surface area contributed by atoms with Gasteiger partial charge in [-0.2, -0.15) is 0 Å². The van der Waals surface area contributed by atoms with Gasteiger partial charge in [0.15, 0.2) is 22.5 Å². The number of benzene rings is 2. The Morgan fingerprint density at radius 2 is 1.79 bits per heavy atom. The van der Waals surface area contributed by atoms with Gasteiger partial charge >= 0.3 is 0 Å². The first-order valence-corrected chi connectivity index (χ1v) is 7.70. The van der Waals surface area contributed by atoms with Crippen molar-refractivity contribution in [2.45, 2.75) is 6.61 Å². The van der Waals surface area contributed by atoms with E-state index in [0.29, 0.717) is 11.5 Å². The number of aromatic nitrogens is 2. The van der Waals surface area contributed by atoms with Crippen LogP contribution in [0.1, 0.15) is 5.56 Å². The largest absolute Gasteiger partial charge is 0.486 e. The highest BCUT2D eigenvalue weighted by atomic mass is 35.5.